The monoisotopic (exact) mass is 498 g/mol. The molecule has 1 saturated carbocycles. The summed E-state index contributed by atoms with van der Waals surface area (Å²) in [5, 5.41) is 2.83. The van der Waals surface area contributed by atoms with Gasteiger partial charge in [0.1, 0.15) is 12.1 Å². The fraction of sp³-hybridized carbons (Fsp3) is 0.630. The normalized spacial score (nSPS) is 25.2. The predicted octanol–water partition coefficient (Wildman–Crippen LogP) is 2.40. The standard InChI is InChI=1S/C27H38N4O5/c1-26(2,3)21-9-11-27(12-10-21)24(34)31(25(35)28-27)18-23(33)36-19-22(32)30-15-13-29(14-16-30)17-20-7-5-4-6-8-20/h4-8,21H,9-19H2,1-3H3,(H,28,35). The van der Waals surface area contributed by atoms with Crippen LogP contribution in [0.3, 0.4) is 0 Å². The average Bonchev–Trinajstić information content (AvgIpc) is 3.07. The van der Waals surface area contributed by atoms with Gasteiger partial charge in [-0.3, -0.25) is 24.2 Å². The van der Waals surface area contributed by atoms with Gasteiger partial charge in [-0.1, -0.05) is 51.1 Å². The molecule has 2 saturated heterocycles. The molecule has 0 atom stereocenters. The molecule has 36 heavy (non-hydrogen) atoms. The Balaban J connectivity index is 1.20. The van der Waals surface area contributed by atoms with Crippen molar-refractivity contribution in [3.8, 4) is 0 Å². The lowest BCUT2D eigenvalue weighted by atomic mass is 9.67. The number of nitrogens with one attached hydrogen (secondary N) is 1. The summed E-state index contributed by atoms with van der Waals surface area (Å²) < 4.78 is 5.16. The van der Waals surface area contributed by atoms with Gasteiger partial charge in [-0.15, -0.1) is 0 Å². The number of ether oxygens (including phenoxy) is 1. The van der Waals surface area contributed by atoms with Gasteiger partial charge >= 0.3 is 12.0 Å². The smallest absolute Gasteiger partial charge is 0.326 e. The zero-order chi connectivity index (χ0) is 25.9. The van der Waals surface area contributed by atoms with E-state index in [9.17, 15) is 19.2 Å². The minimum Gasteiger partial charge on any atom is -0.454 e. The van der Waals surface area contributed by atoms with Gasteiger partial charge in [0.15, 0.2) is 6.61 Å². The van der Waals surface area contributed by atoms with Crippen LogP contribution in [0, 0.1) is 11.3 Å². The molecule has 1 aromatic rings. The van der Waals surface area contributed by atoms with E-state index >= 15 is 0 Å². The van der Waals surface area contributed by atoms with Crippen molar-refractivity contribution >= 4 is 23.8 Å². The van der Waals surface area contributed by atoms with E-state index < -0.39 is 24.1 Å². The topological polar surface area (TPSA) is 99.3 Å². The highest BCUT2D eigenvalue weighted by Crippen LogP contribution is 2.43. The van der Waals surface area contributed by atoms with Crippen LogP contribution in [0.4, 0.5) is 4.79 Å². The van der Waals surface area contributed by atoms with Gasteiger partial charge in [0.25, 0.3) is 11.8 Å². The zero-order valence-electron chi connectivity index (χ0n) is 21.6. The number of hydrogen-bond acceptors (Lipinski definition) is 6. The van der Waals surface area contributed by atoms with Crippen molar-refractivity contribution in [1.82, 2.24) is 20.0 Å². The van der Waals surface area contributed by atoms with Crippen molar-refractivity contribution in [2.24, 2.45) is 11.3 Å². The van der Waals surface area contributed by atoms with Crippen LogP contribution in [0.5, 0.6) is 0 Å². The highest BCUT2D eigenvalue weighted by Gasteiger charge is 2.53. The Morgan fingerprint density at radius 2 is 1.67 bits per heavy atom. The zero-order valence-corrected chi connectivity index (χ0v) is 21.6. The first-order valence-electron chi connectivity index (χ1n) is 12.9. The molecule has 0 radical (unpaired) electrons. The average molecular weight is 499 g/mol. The summed E-state index contributed by atoms with van der Waals surface area (Å²) in [7, 11) is 0. The molecule has 1 spiro atoms. The van der Waals surface area contributed by atoms with Crippen LogP contribution in [0.25, 0.3) is 0 Å². The van der Waals surface area contributed by atoms with Gasteiger partial charge in [-0.2, -0.15) is 0 Å². The molecule has 9 heteroatoms. The van der Waals surface area contributed by atoms with Gasteiger partial charge in [0.05, 0.1) is 0 Å². The van der Waals surface area contributed by atoms with Crippen LogP contribution >= 0.6 is 0 Å². The maximum atomic E-state index is 13.1. The van der Waals surface area contributed by atoms with E-state index in [-0.39, 0.29) is 23.8 Å². The van der Waals surface area contributed by atoms with Crippen molar-refractivity contribution in [3.63, 3.8) is 0 Å². The number of carbonyl (C=O) groups excluding carboxylic acids is 4. The SMILES string of the molecule is CC(C)(C)C1CCC2(CC1)NC(=O)N(CC(=O)OCC(=O)N1CCN(Cc3ccccc3)CC1)C2=O. The highest BCUT2D eigenvalue weighted by atomic mass is 16.5. The van der Waals surface area contributed by atoms with Crippen molar-refractivity contribution in [1.29, 1.82) is 0 Å². The molecular formula is C27H38N4O5. The van der Waals surface area contributed by atoms with Gasteiger partial charge in [-0.05, 0) is 42.6 Å². The second kappa shape index (κ2) is 10.6. The highest BCUT2D eigenvalue weighted by molar-refractivity contribution is 6.08. The van der Waals surface area contributed by atoms with Crippen LogP contribution in [0.1, 0.15) is 52.0 Å². The Hall–Kier alpha value is -2.94. The Labute approximate surface area is 213 Å². The number of benzene rings is 1. The number of urea groups is 1. The Morgan fingerprint density at radius 3 is 2.28 bits per heavy atom. The summed E-state index contributed by atoms with van der Waals surface area (Å²) in [4.78, 5) is 55.5. The quantitative estimate of drug-likeness (QED) is 0.478. The van der Waals surface area contributed by atoms with Gasteiger partial charge in [-0.25, -0.2) is 4.79 Å². The Kier molecular flexibility index (Phi) is 7.68. The van der Waals surface area contributed by atoms with E-state index in [1.54, 1.807) is 4.90 Å². The van der Waals surface area contributed by atoms with Gasteiger partial charge in [0, 0.05) is 32.7 Å². The van der Waals surface area contributed by atoms with Crippen molar-refractivity contribution in [2.75, 3.05) is 39.3 Å². The summed E-state index contributed by atoms with van der Waals surface area (Å²) in [5.41, 5.74) is 0.461. The summed E-state index contributed by atoms with van der Waals surface area (Å²) in [5.74, 6) is -0.900. The molecule has 1 aliphatic carbocycles. The van der Waals surface area contributed by atoms with Crippen LogP contribution < -0.4 is 5.32 Å². The minimum atomic E-state index is -0.922. The molecule has 1 aromatic carbocycles. The first-order chi connectivity index (χ1) is 17.1. The molecule has 4 rings (SSSR count). The molecule has 1 N–H and O–H groups in total. The summed E-state index contributed by atoms with van der Waals surface area (Å²) in [6.07, 6.45) is 2.83. The van der Waals surface area contributed by atoms with Crippen LogP contribution in [0.2, 0.25) is 0 Å². The number of esters is 1. The summed E-state index contributed by atoms with van der Waals surface area (Å²) in [6, 6.07) is 9.62. The number of piperazine rings is 1. The third kappa shape index (κ3) is 5.88. The third-order valence-electron chi connectivity index (χ3n) is 7.93. The molecular weight excluding hydrogens is 460 g/mol. The van der Waals surface area contributed by atoms with E-state index in [0.717, 1.165) is 37.4 Å². The number of rotatable bonds is 6. The van der Waals surface area contributed by atoms with Crippen molar-refractivity contribution in [2.45, 2.75) is 58.5 Å². The molecule has 2 heterocycles. The molecule has 0 bridgehead atoms. The van der Waals surface area contributed by atoms with Gasteiger partial charge in [0.2, 0.25) is 0 Å². The number of amides is 4. The second-order valence-corrected chi connectivity index (χ2v) is 11.3. The lowest BCUT2D eigenvalue weighted by Gasteiger charge is -2.40. The maximum Gasteiger partial charge on any atom is 0.326 e. The fourth-order valence-electron chi connectivity index (χ4n) is 5.54. The number of carbonyl (C=O) groups is 4. The molecule has 3 aliphatic rings. The first kappa shape index (κ1) is 26.1. The lowest BCUT2D eigenvalue weighted by molar-refractivity contribution is -0.154. The lowest BCUT2D eigenvalue weighted by Crippen LogP contribution is -2.51. The van der Waals surface area contributed by atoms with Crippen molar-refractivity contribution < 1.29 is 23.9 Å². The number of imide groups is 1. The molecule has 4 amide bonds. The van der Waals surface area contributed by atoms with Crippen LogP contribution in [-0.2, 0) is 25.7 Å². The summed E-state index contributed by atoms with van der Waals surface area (Å²) in [6.45, 7) is 9.17. The van der Waals surface area contributed by atoms with E-state index in [1.165, 1.54) is 5.56 Å². The van der Waals surface area contributed by atoms with Crippen LogP contribution in [-0.4, -0.2) is 83.4 Å². The van der Waals surface area contributed by atoms with Gasteiger partial charge < -0.3 is 15.0 Å². The third-order valence-corrected chi connectivity index (χ3v) is 7.93. The number of hydrogen-bond donors (Lipinski definition) is 1. The Morgan fingerprint density at radius 1 is 1.03 bits per heavy atom. The Bertz CT molecular complexity index is 974. The first-order valence-corrected chi connectivity index (χ1v) is 12.9. The number of nitrogens with zero attached hydrogens (tertiary/aromatic N) is 3. The largest absolute Gasteiger partial charge is 0.454 e. The molecule has 0 unspecified atom stereocenters. The molecule has 9 nitrogen and oxygen atoms in total. The van der Waals surface area contributed by atoms with E-state index in [4.69, 9.17) is 4.74 Å². The second-order valence-electron chi connectivity index (χ2n) is 11.3. The summed E-state index contributed by atoms with van der Waals surface area (Å²) >= 11 is 0. The van der Waals surface area contributed by atoms with E-state index in [1.807, 2.05) is 18.2 Å². The predicted molar refractivity (Wildman–Crippen MR) is 134 cm³/mol. The molecule has 3 fully saturated rings. The maximum absolute atomic E-state index is 13.1. The molecule has 196 valence electrons. The molecule has 0 aromatic heterocycles. The van der Waals surface area contributed by atoms with E-state index in [0.29, 0.717) is 31.8 Å². The minimum absolute atomic E-state index is 0.151. The van der Waals surface area contributed by atoms with Crippen LogP contribution in [0.15, 0.2) is 30.3 Å². The molecule has 2 aliphatic heterocycles. The van der Waals surface area contributed by atoms with E-state index in [2.05, 4.69) is 43.1 Å². The van der Waals surface area contributed by atoms with Crippen molar-refractivity contribution in [3.05, 3.63) is 35.9 Å². The fourth-order valence-corrected chi connectivity index (χ4v) is 5.54.